The van der Waals surface area contributed by atoms with E-state index in [0.29, 0.717) is 6.61 Å². The van der Waals surface area contributed by atoms with Gasteiger partial charge in [-0.15, -0.1) is 0 Å². The largest absolute Gasteiger partial charge is 0.479 e. The first-order valence-electron chi connectivity index (χ1n) is 4.24. The van der Waals surface area contributed by atoms with E-state index in [1.807, 2.05) is 27.7 Å². The van der Waals surface area contributed by atoms with Crippen molar-refractivity contribution < 1.29 is 14.6 Å². The number of carboxylic acids is 1. The molecule has 0 saturated carbocycles. The minimum absolute atomic E-state index is 0.300. The van der Waals surface area contributed by atoms with Gasteiger partial charge in [0.25, 0.3) is 0 Å². The zero-order valence-electron chi connectivity index (χ0n) is 8.76. The van der Waals surface area contributed by atoms with Gasteiger partial charge in [-0.3, -0.25) is 0 Å². The first-order valence-corrected chi connectivity index (χ1v) is 4.24. The van der Waals surface area contributed by atoms with Crippen molar-refractivity contribution >= 4 is 5.97 Å². The van der Waals surface area contributed by atoms with E-state index in [1.54, 1.807) is 0 Å². The summed E-state index contributed by atoms with van der Waals surface area (Å²) in [5.41, 5.74) is 0.442. The lowest BCUT2D eigenvalue weighted by molar-refractivity contribution is -0.157. The maximum Gasteiger partial charge on any atom is 0.333 e. The highest BCUT2D eigenvalue weighted by Gasteiger charge is 2.31. The summed E-state index contributed by atoms with van der Waals surface area (Å²) in [4.78, 5) is 10.8. The summed E-state index contributed by atoms with van der Waals surface area (Å²) in [6, 6.07) is 0. The van der Waals surface area contributed by atoms with Crippen LogP contribution in [0.4, 0.5) is 0 Å². The number of carboxylic acid groups (broad SMARTS) is 1. The molecule has 0 bridgehead atoms. The van der Waals surface area contributed by atoms with Crippen LogP contribution in [0, 0.1) is 5.41 Å². The second-order valence-corrected chi connectivity index (χ2v) is 4.35. The van der Waals surface area contributed by atoms with Gasteiger partial charge in [-0.1, -0.05) is 32.9 Å². The number of rotatable bonds is 4. The molecule has 0 spiro atoms. The highest BCUT2D eigenvalue weighted by molar-refractivity contribution is 5.73. The van der Waals surface area contributed by atoms with Crippen molar-refractivity contribution in [1.82, 2.24) is 0 Å². The van der Waals surface area contributed by atoms with E-state index in [0.717, 1.165) is 5.57 Å². The first kappa shape index (κ1) is 12.2. The Morgan fingerprint density at radius 3 is 2.23 bits per heavy atom. The van der Waals surface area contributed by atoms with Gasteiger partial charge in [0.1, 0.15) is 0 Å². The van der Waals surface area contributed by atoms with Crippen LogP contribution in [0.5, 0.6) is 0 Å². The summed E-state index contributed by atoms with van der Waals surface area (Å²) in [6.07, 6.45) is -0.774. The van der Waals surface area contributed by atoms with E-state index in [2.05, 4.69) is 6.58 Å². The molecule has 0 rings (SSSR count). The van der Waals surface area contributed by atoms with Gasteiger partial charge in [-0.2, -0.15) is 0 Å². The molecule has 0 aromatic carbocycles. The van der Waals surface area contributed by atoms with E-state index in [1.165, 1.54) is 0 Å². The summed E-state index contributed by atoms with van der Waals surface area (Å²) < 4.78 is 5.23. The first-order chi connectivity index (χ1) is 5.75. The monoisotopic (exact) mass is 186 g/mol. The maximum absolute atomic E-state index is 10.8. The average Bonchev–Trinajstić information content (AvgIpc) is 1.81. The SMILES string of the molecule is C=C(C)COC(C(=O)O)C(C)(C)C. The predicted octanol–water partition coefficient (Wildman–Crippen LogP) is 2.08. The average molecular weight is 186 g/mol. The Balaban J connectivity index is 4.28. The molecule has 0 radical (unpaired) electrons. The Morgan fingerprint density at radius 2 is 2.00 bits per heavy atom. The molecule has 0 aliphatic carbocycles. The van der Waals surface area contributed by atoms with Crippen LogP contribution >= 0.6 is 0 Å². The van der Waals surface area contributed by atoms with E-state index >= 15 is 0 Å². The van der Waals surface area contributed by atoms with Crippen LogP contribution in [-0.4, -0.2) is 23.8 Å². The van der Waals surface area contributed by atoms with Crippen LogP contribution in [-0.2, 0) is 9.53 Å². The fraction of sp³-hybridized carbons (Fsp3) is 0.700. The number of ether oxygens (including phenoxy) is 1. The van der Waals surface area contributed by atoms with Gasteiger partial charge in [0, 0.05) is 0 Å². The molecule has 0 aromatic rings. The van der Waals surface area contributed by atoms with Crippen LogP contribution in [0.15, 0.2) is 12.2 Å². The van der Waals surface area contributed by atoms with Crippen LogP contribution in [0.25, 0.3) is 0 Å². The Kier molecular flexibility index (Phi) is 4.14. The van der Waals surface area contributed by atoms with Crippen LogP contribution in [0.2, 0.25) is 0 Å². The van der Waals surface area contributed by atoms with Crippen molar-refractivity contribution in [2.45, 2.75) is 33.8 Å². The van der Waals surface area contributed by atoms with Gasteiger partial charge in [-0.05, 0) is 12.3 Å². The fourth-order valence-corrected chi connectivity index (χ4v) is 0.917. The summed E-state index contributed by atoms with van der Waals surface area (Å²) in [5.74, 6) is -0.922. The summed E-state index contributed by atoms with van der Waals surface area (Å²) in [5, 5.41) is 8.87. The smallest absolute Gasteiger partial charge is 0.333 e. The Labute approximate surface area is 79.4 Å². The highest BCUT2D eigenvalue weighted by atomic mass is 16.5. The molecular weight excluding hydrogens is 168 g/mol. The molecule has 0 heterocycles. The molecule has 0 aliphatic rings. The summed E-state index contributed by atoms with van der Waals surface area (Å²) >= 11 is 0. The summed E-state index contributed by atoms with van der Waals surface area (Å²) in [6.45, 7) is 11.3. The number of hydrogen-bond donors (Lipinski definition) is 1. The predicted molar refractivity (Wildman–Crippen MR) is 51.6 cm³/mol. The van der Waals surface area contributed by atoms with Gasteiger partial charge in [-0.25, -0.2) is 4.79 Å². The normalized spacial score (nSPS) is 13.8. The number of aliphatic carboxylic acids is 1. The molecule has 76 valence electrons. The number of carbonyl (C=O) groups is 1. The lowest BCUT2D eigenvalue weighted by atomic mass is 9.89. The molecule has 0 aromatic heterocycles. The molecule has 13 heavy (non-hydrogen) atoms. The van der Waals surface area contributed by atoms with Crippen LogP contribution in [0.3, 0.4) is 0 Å². The third kappa shape index (κ3) is 4.68. The topological polar surface area (TPSA) is 46.5 Å². The highest BCUT2D eigenvalue weighted by Crippen LogP contribution is 2.22. The van der Waals surface area contributed by atoms with Crippen LogP contribution in [0.1, 0.15) is 27.7 Å². The summed E-state index contributed by atoms with van der Waals surface area (Å²) in [7, 11) is 0. The Morgan fingerprint density at radius 1 is 1.54 bits per heavy atom. The van der Waals surface area contributed by atoms with Crippen molar-refractivity contribution in [3.63, 3.8) is 0 Å². The van der Waals surface area contributed by atoms with E-state index in [9.17, 15) is 4.79 Å². The molecule has 0 saturated heterocycles. The third-order valence-corrected chi connectivity index (χ3v) is 1.51. The quantitative estimate of drug-likeness (QED) is 0.684. The van der Waals surface area contributed by atoms with Crippen molar-refractivity contribution in [3.05, 3.63) is 12.2 Å². The Hall–Kier alpha value is -0.830. The maximum atomic E-state index is 10.8. The second-order valence-electron chi connectivity index (χ2n) is 4.35. The molecule has 3 heteroatoms. The second kappa shape index (κ2) is 4.42. The third-order valence-electron chi connectivity index (χ3n) is 1.51. The van der Waals surface area contributed by atoms with E-state index in [4.69, 9.17) is 9.84 Å². The minimum atomic E-state index is -0.922. The minimum Gasteiger partial charge on any atom is -0.479 e. The molecule has 0 fully saturated rings. The zero-order valence-corrected chi connectivity index (χ0v) is 8.76. The fourth-order valence-electron chi connectivity index (χ4n) is 0.917. The molecule has 3 nitrogen and oxygen atoms in total. The van der Waals surface area contributed by atoms with Gasteiger partial charge in [0.05, 0.1) is 6.61 Å². The van der Waals surface area contributed by atoms with Gasteiger partial charge < -0.3 is 9.84 Å². The number of hydrogen-bond acceptors (Lipinski definition) is 2. The Bertz CT molecular complexity index is 201. The van der Waals surface area contributed by atoms with Gasteiger partial charge in [0.15, 0.2) is 6.10 Å². The molecule has 1 unspecified atom stereocenters. The molecule has 1 atom stereocenters. The van der Waals surface area contributed by atoms with E-state index in [-0.39, 0.29) is 5.41 Å². The van der Waals surface area contributed by atoms with Gasteiger partial charge >= 0.3 is 5.97 Å². The lowest BCUT2D eigenvalue weighted by Gasteiger charge is -2.26. The standard InChI is InChI=1S/C10H18O3/c1-7(2)6-13-8(9(11)12)10(3,4)5/h8H,1,6H2,2-5H3,(H,11,12). The van der Waals surface area contributed by atoms with Crippen molar-refractivity contribution in [2.24, 2.45) is 5.41 Å². The zero-order chi connectivity index (χ0) is 10.6. The van der Waals surface area contributed by atoms with Crippen molar-refractivity contribution in [2.75, 3.05) is 6.61 Å². The van der Waals surface area contributed by atoms with Crippen molar-refractivity contribution in [1.29, 1.82) is 0 Å². The van der Waals surface area contributed by atoms with E-state index < -0.39 is 12.1 Å². The molecule has 0 aliphatic heterocycles. The molecular formula is C10H18O3. The lowest BCUT2D eigenvalue weighted by Crippen LogP contribution is -2.37. The van der Waals surface area contributed by atoms with Gasteiger partial charge in [0.2, 0.25) is 0 Å². The van der Waals surface area contributed by atoms with Crippen molar-refractivity contribution in [3.8, 4) is 0 Å². The molecule has 0 amide bonds. The van der Waals surface area contributed by atoms with Crippen LogP contribution < -0.4 is 0 Å². The molecule has 1 N–H and O–H groups in total.